The number of carbonyl (C=O) groups excluding carboxylic acids is 2. The molecule has 0 aliphatic heterocycles. The van der Waals surface area contributed by atoms with Gasteiger partial charge in [0, 0.05) is 12.6 Å². The standard InChI is InChI=1S/C14H19NO3/c1-14(2,3)13(17)18-11(12(16)15-4)10-8-6-5-7-9-10/h5-9,11H,1-4H3,(H,15,16). The van der Waals surface area contributed by atoms with Crippen LogP contribution in [0, 0.1) is 5.41 Å². The Morgan fingerprint density at radius 2 is 1.72 bits per heavy atom. The quantitative estimate of drug-likeness (QED) is 0.834. The Morgan fingerprint density at radius 3 is 2.17 bits per heavy atom. The fraction of sp³-hybridized carbons (Fsp3) is 0.429. The SMILES string of the molecule is CNC(=O)C(OC(=O)C(C)(C)C)c1ccccc1. The summed E-state index contributed by atoms with van der Waals surface area (Å²) in [6, 6.07) is 8.97. The smallest absolute Gasteiger partial charge is 0.312 e. The number of esters is 1. The second kappa shape index (κ2) is 5.67. The van der Waals surface area contributed by atoms with E-state index in [0.29, 0.717) is 5.56 Å². The number of amides is 1. The summed E-state index contributed by atoms with van der Waals surface area (Å²) in [5.41, 5.74) is 0.0237. The average molecular weight is 249 g/mol. The summed E-state index contributed by atoms with van der Waals surface area (Å²) in [4.78, 5) is 23.7. The molecule has 0 saturated heterocycles. The lowest BCUT2D eigenvalue weighted by molar-refractivity contribution is -0.164. The molecule has 0 fully saturated rings. The number of nitrogens with one attached hydrogen (secondary N) is 1. The van der Waals surface area contributed by atoms with Gasteiger partial charge in [0.25, 0.3) is 5.91 Å². The predicted molar refractivity (Wildman–Crippen MR) is 68.8 cm³/mol. The molecule has 0 saturated carbocycles. The Bertz CT molecular complexity index is 420. The van der Waals surface area contributed by atoms with E-state index in [1.807, 2.05) is 6.07 Å². The monoisotopic (exact) mass is 249 g/mol. The largest absolute Gasteiger partial charge is 0.447 e. The number of rotatable bonds is 3. The number of benzene rings is 1. The van der Waals surface area contributed by atoms with Gasteiger partial charge in [-0.15, -0.1) is 0 Å². The predicted octanol–water partition coefficient (Wildman–Crippen LogP) is 2.06. The van der Waals surface area contributed by atoms with Gasteiger partial charge in [-0.1, -0.05) is 30.3 Å². The van der Waals surface area contributed by atoms with Gasteiger partial charge >= 0.3 is 5.97 Å². The highest BCUT2D eigenvalue weighted by Gasteiger charge is 2.30. The van der Waals surface area contributed by atoms with Crippen LogP contribution in [0.25, 0.3) is 0 Å². The zero-order chi connectivity index (χ0) is 13.8. The van der Waals surface area contributed by atoms with Crippen LogP contribution in [0.5, 0.6) is 0 Å². The van der Waals surface area contributed by atoms with Gasteiger partial charge in [-0.05, 0) is 20.8 Å². The Morgan fingerprint density at radius 1 is 1.17 bits per heavy atom. The second-order valence-corrected chi connectivity index (χ2v) is 5.06. The number of carbonyl (C=O) groups is 2. The van der Waals surface area contributed by atoms with Gasteiger partial charge in [-0.2, -0.15) is 0 Å². The third-order valence-corrected chi connectivity index (χ3v) is 2.42. The topological polar surface area (TPSA) is 55.4 Å². The number of ether oxygens (including phenoxy) is 1. The lowest BCUT2D eigenvalue weighted by Gasteiger charge is -2.22. The molecule has 0 aliphatic rings. The van der Waals surface area contributed by atoms with E-state index in [9.17, 15) is 9.59 Å². The Balaban J connectivity index is 2.95. The minimum Gasteiger partial charge on any atom is -0.447 e. The summed E-state index contributed by atoms with van der Waals surface area (Å²) in [6.07, 6.45) is -0.900. The van der Waals surface area contributed by atoms with E-state index in [4.69, 9.17) is 4.74 Å². The van der Waals surface area contributed by atoms with Crippen molar-refractivity contribution in [3.8, 4) is 0 Å². The van der Waals surface area contributed by atoms with E-state index in [-0.39, 0.29) is 5.91 Å². The van der Waals surface area contributed by atoms with E-state index in [2.05, 4.69) is 5.32 Å². The molecule has 1 unspecified atom stereocenters. The molecular formula is C14H19NO3. The van der Waals surface area contributed by atoms with Crippen LogP contribution in [0.15, 0.2) is 30.3 Å². The van der Waals surface area contributed by atoms with Gasteiger partial charge < -0.3 is 10.1 Å². The van der Waals surface area contributed by atoms with Crippen molar-refractivity contribution < 1.29 is 14.3 Å². The zero-order valence-corrected chi connectivity index (χ0v) is 11.2. The molecule has 1 rings (SSSR count). The van der Waals surface area contributed by atoms with Crippen molar-refractivity contribution in [3.05, 3.63) is 35.9 Å². The van der Waals surface area contributed by atoms with E-state index in [1.165, 1.54) is 7.05 Å². The van der Waals surface area contributed by atoms with Crippen LogP contribution in [0.4, 0.5) is 0 Å². The van der Waals surface area contributed by atoms with Gasteiger partial charge in [-0.25, -0.2) is 0 Å². The van der Waals surface area contributed by atoms with Crippen LogP contribution < -0.4 is 5.32 Å². The fourth-order valence-electron chi connectivity index (χ4n) is 1.32. The fourth-order valence-corrected chi connectivity index (χ4v) is 1.32. The van der Waals surface area contributed by atoms with Crippen LogP contribution in [0.2, 0.25) is 0 Å². The molecule has 1 atom stereocenters. The van der Waals surface area contributed by atoms with Crippen LogP contribution >= 0.6 is 0 Å². The van der Waals surface area contributed by atoms with Gasteiger partial charge in [0.05, 0.1) is 5.41 Å². The molecule has 0 spiro atoms. The molecular weight excluding hydrogens is 230 g/mol. The maximum Gasteiger partial charge on any atom is 0.312 e. The molecule has 4 nitrogen and oxygen atoms in total. The molecule has 0 aliphatic carbocycles. The molecule has 0 bridgehead atoms. The van der Waals surface area contributed by atoms with E-state index in [0.717, 1.165) is 0 Å². The highest BCUT2D eigenvalue weighted by atomic mass is 16.5. The summed E-state index contributed by atoms with van der Waals surface area (Å²) in [6.45, 7) is 5.25. The average Bonchev–Trinajstić information content (AvgIpc) is 2.34. The van der Waals surface area contributed by atoms with Crippen molar-refractivity contribution in [1.29, 1.82) is 0 Å². The first-order chi connectivity index (χ1) is 8.36. The molecule has 1 N–H and O–H groups in total. The molecule has 0 heterocycles. The molecule has 1 aromatic carbocycles. The zero-order valence-electron chi connectivity index (χ0n) is 11.2. The van der Waals surface area contributed by atoms with Crippen LogP contribution in [-0.2, 0) is 14.3 Å². The third-order valence-electron chi connectivity index (χ3n) is 2.42. The van der Waals surface area contributed by atoms with Gasteiger partial charge in [-0.3, -0.25) is 9.59 Å². The molecule has 0 radical (unpaired) electrons. The molecule has 0 aromatic heterocycles. The Kier molecular flexibility index (Phi) is 4.48. The van der Waals surface area contributed by atoms with Gasteiger partial charge in [0.2, 0.25) is 6.10 Å². The third kappa shape index (κ3) is 3.58. The van der Waals surface area contributed by atoms with Gasteiger partial charge in [0.1, 0.15) is 0 Å². The first kappa shape index (κ1) is 14.2. The van der Waals surface area contributed by atoms with Crippen molar-refractivity contribution in [3.63, 3.8) is 0 Å². The molecule has 18 heavy (non-hydrogen) atoms. The maximum absolute atomic E-state index is 11.9. The highest BCUT2D eigenvalue weighted by molar-refractivity contribution is 5.85. The normalized spacial score (nSPS) is 12.7. The summed E-state index contributed by atoms with van der Waals surface area (Å²) in [7, 11) is 1.52. The summed E-state index contributed by atoms with van der Waals surface area (Å²) >= 11 is 0. The Hall–Kier alpha value is -1.84. The van der Waals surface area contributed by atoms with Crippen LogP contribution in [-0.4, -0.2) is 18.9 Å². The number of likely N-dealkylation sites (N-methyl/N-ethyl adjacent to an activating group) is 1. The summed E-state index contributed by atoms with van der Waals surface area (Å²) < 4.78 is 5.30. The molecule has 1 aromatic rings. The van der Waals surface area contributed by atoms with Crippen molar-refractivity contribution in [1.82, 2.24) is 5.32 Å². The molecule has 4 heteroatoms. The first-order valence-electron chi connectivity index (χ1n) is 5.84. The number of hydrogen-bond acceptors (Lipinski definition) is 3. The van der Waals surface area contributed by atoms with Crippen LogP contribution in [0.3, 0.4) is 0 Å². The van der Waals surface area contributed by atoms with Crippen molar-refractivity contribution in [2.75, 3.05) is 7.05 Å². The van der Waals surface area contributed by atoms with Crippen molar-refractivity contribution in [2.24, 2.45) is 5.41 Å². The minimum absolute atomic E-state index is 0.334. The lowest BCUT2D eigenvalue weighted by Crippen LogP contribution is -2.33. The van der Waals surface area contributed by atoms with Gasteiger partial charge in [0.15, 0.2) is 0 Å². The van der Waals surface area contributed by atoms with Crippen molar-refractivity contribution >= 4 is 11.9 Å². The Labute approximate surface area is 107 Å². The highest BCUT2D eigenvalue weighted by Crippen LogP contribution is 2.23. The van der Waals surface area contributed by atoms with E-state index >= 15 is 0 Å². The lowest BCUT2D eigenvalue weighted by atomic mass is 9.97. The van der Waals surface area contributed by atoms with E-state index in [1.54, 1.807) is 45.0 Å². The minimum atomic E-state index is -0.900. The maximum atomic E-state index is 11.9. The summed E-state index contributed by atoms with van der Waals surface area (Å²) in [5, 5.41) is 2.50. The molecule has 98 valence electrons. The van der Waals surface area contributed by atoms with Crippen LogP contribution in [0.1, 0.15) is 32.4 Å². The van der Waals surface area contributed by atoms with Crippen molar-refractivity contribution in [2.45, 2.75) is 26.9 Å². The first-order valence-corrected chi connectivity index (χ1v) is 5.84. The molecule has 1 amide bonds. The second-order valence-electron chi connectivity index (χ2n) is 5.06. The number of hydrogen-bond donors (Lipinski definition) is 1. The van der Waals surface area contributed by atoms with E-state index < -0.39 is 17.5 Å². The summed E-state index contributed by atoms with van der Waals surface area (Å²) in [5.74, 6) is -0.737.